The van der Waals surface area contributed by atoms with Crippen molar-refractivity contribution in [2.45, 2.75) is 32.6 Å². The summed E-state index contributed by atoms with van der Waals surface area (Å²) in [4.78, 5) is 23.6. The van der Waals surface area contributed by atoms with Crippen LogP contribution < -0.4 is 4.74 Å². The molecule has 0 aliphatic carbocycles. The van der Waals surface area contributed by atoms with Crippen LogP contribution in [-0.4, -0.2) is 18.5 Å². The maximum absolute atomic E-state index is 12.0. The van der Waals surface area contributed by atoms with Crippen LogP contribution in [0.25, 0.3) is 10.8 Å². The summed E-state index contributed by atoms with van der Waals surface area (Å²) >= 11 is 12.3. The van der Waals surface area contributed by atoms with Crippen LogP contribution in [0.15, 0.2) is 42.5 Å². The number of ether oxygens (including phenoxy) is 2. The zero-order valence-corrected chi connectivity index (χ0v) is 16.0. The number of fused-ring (bicyclic) bond motifs is 1. The molecule has 0 saturated heterocycles. The van der Waals surface area contributed by atoms with E-state index in [0.29, 0.717) is 17.0 Å². The molecule has 0 N–H and O–H groups in total. The maximum atomic E-state index is 12.0. The lowest BCUT2D eigenvalue weighted by Gasteiger charge is -2.09. The first-order valence-corrected chi connectivity index (χ1v) is 9.22. The third-order valence-corrected chi connectivity index (χ3v) is 4.29. The van der Waals surface area contributed by atoms with Gasteiger partial charge in [-0.1, -0.05) is 73.7 Å². The van der Waals surface area contributed by atoms with Crippen LogP contribution in [0, 0.1) is 0 Å². The summed E-state index contributed by atoms with van der Waals surface area (Å²) in [6.45, 7) is 2.45. The smallest absolute Gasteiger partial charge is 0.336 e. The monoisotopic (exact) mass is 394 g/mol. The molecule has 0 amide bonds. The average molecular weight is 395 g/mol. The summed E-state index contributed by atoms with van der Waals surface area (Å²) in [6.07, 6.45) is 6.11. The SMILES string of the molecule is CCCCCCOC(=O)/C=C/C(=O)Oc1c(Cl)cc(Cl)c2ccccc12. The molecule has 0 saturated carbocycles. The number of benzene rings is 2. The number of unbranched alkanes of at least 4 members (excludes halogenated alkanes) is 3. The van der Waals surface area contributed by atoms with Gasteiger partial charge in [0.2, 0.25) is 0 Å². The van der Waals surface area contributed by atoms with Crippen molar-refractivity contribution in [3.8, 4) is 5.75 Å². The molecule has 0 aromatic heterocycles. The standard InChI is InChI=1S/C20H20Cl2O4/c1-2-3-4-7-12-25-18(23)10-11-19(24)26-20-15-9-6-5-8-14(15)16(21)13-17(20)22/h5-6,8-11,13H,2-4,7,12H2,1H3/b11-10+. The van der Waals surface area contributed by atoms with Crippen LogP contribution in [0.4, 0.5) is 0 Å². The summed E-state index contributed by atoms with van der Waals surface area (Å²) in [7, 11) is 0. The Labute approximate surface area is 162 Å². The predicted molar refractivity (Wildman–Crippen MR) is 104 cm³/mol. The molecule has 2 rings (SSSR count). The fourth-order valence-electron chi connectivity index (χ4n) is 2.40. The van der Waals surface area contributed by atoms with Crippen LogP contribution >= 0.6 is 23.2 Å². The Bertz CT molecular complexity index is 815. The molecule has 4 nitrogen and oxygen atoms in total. The summed E-state index contributed by atoms with van der Waals surface area (Å²) < 4.78 is 10.3. The Morgan fingerprint density at radius 3 is 2.38 bits per heavy atom. The maximum Gasteiger partial charge on any atom is 0.336 e. The molecular weight excluding hydrogens is 375 g/mol. The number of rotatable bonds is 8. The van der Waals surface area contributed by atoms with E-state index in [1.165, 1.54) is 6.07 Å². The number of hydrogen-bond acceptors (Lipinski definition) is 4. The van der Waals surface area contributed by atoms with E-state index in [-0.39, 0.29) is 10.8 Å². The van der Waals surface area contributed by atoms with E-state index >= 15 is 0 Å². The van der Waals surface area contributed by atoms with E-state index in [1.54, 1.807) is 18.2 Å². The zero-order valence-electron chi connectivity index (χ0n) is 14.5. The Morgan fingerprint density at radius 2 is 1.65 bits per heavy atom. The zero-order chi connectivity index (χ0) is 18.9. The minimum Gasteiger partial charge on any atom is -0.463 e. The quantitative estimate of drug-likeness (QED) is 0.248. The van der Waals surface area contributed by atoms with Crippen LogP contribution in [0.1, 0.15) is 32.6 Å². The van der Waals surface area contributed by atoms with Crippen molar-refractivity contribution in [2.24, 2.45) is 0 Å². The van der Waals surface area contributed by atoms with E-state index in [0.717, 1.165) is 43.2 Å². The van der Waals surface area contributed by atoms with E-state index in [4.69, 9.17) is 32.7 Å². The van der Waals surface area contributed by atoms with Gasteiger partial charge in [-0.05, 0) is 12.5 Å². The van der Waals surface area contributed by atoms with Crippen LogP contribution in [0.5, 0.6) is 5.75 Å². The van der Waals surface area contributed by atoms with Gasteiger partial charge in [-0.25, -0.2) is 9.59 Å². The Balaban J connectivity index is 1.98. The van der Waals surface area contributed by atoms with Gasteiger partial charge < -0.3 is 9.47 Å². The second-order valence-corrected chi connectivity index (χ2v) is 6.51. The van der Waals surface area contributed by atoms with Crippen molar-refractivity contribution in [1.29, 1.82) is 0 Å². The minimum absolute atomic E-state index is 0.203. The second kappa shape index (κ2) is 10.2. The summed E-state index contributed by atoms with van der Waals surface area (Å²) in [5.41, 5.74) is 0. The van der Waals surface area contributed by atoms with Gasteiger partial charge in [0.1, 0.15) is 0 Å². The molecule has 0 aliphatic rings. The first-order chi connectivity index (χ1) is 12.5. The Morgan fingerprint density at radius 1 is 0.962 bits per heavy atom. The highest BCUT2D eigenvalue weighted by Gasteiger charge is 2.13. The van der Waals surface area contributed by atoms with Gasteiger partial charge >= 0.3 is 11.9 Å². The minimum atomic E-state index is -0.720. The van der Waals surface area contributed by atoms with Crippen LogP contribution in [0.3, 0.4) is 0 Å². The number of carbonyl (C=O) groups is 2. The van der Waals surface area contributed by atoms with Gasteiger partial charge in [0, 0.05) is 22.9 Å². The topological polar surface area (TPSA) is 52.6 Å². The van der Waals surface area contributed by atoms with Crippen molar-refractivity contribution >= 4 is 45.9 Å². The number of carbonyl (C=O) groups excluding carboxylic acids is 2. The molecule has 0 heterocycles. The molecule has 0 fully saturated rings. The molecule has 0 spiro atoms. The molecule has 0 bridgehead atoms. The Hall–Kier alpha value is -2.04. The van der Waals surface area contributed by atoms with Gasteiger partial charge in [0.25, 0.3) is 0 Å². The van der Waals surface area contributed by atoms with Gasteiger partial charge in [0.05, 0.1) is 16.7 Å². The van der Waals surface area contributed by atoms with Gasteiger partial charge in [-0.2, -0.15) is 0 Å². The van der Waals surface area contributed by atoms with Crippen molar-refractivity contribution in [3.05, 3.63) is 52.5 Å². The average Bonchev–Trinajstić information content (AvgIpc) is 2.63. The predicted octanol–water partition coefficient (Wildman–Crippen LogP) is 5.73. The fourth-order valence-corrected chi connectivity index (χ4v) is 2.98. The van der Waals surface area contributed by atoms with Crippen molar-refractivity contribution in [2.75, 3.05) is 6.61 Å². The lowest BCUT2D eigenvalue weighted by atomic mass is 10.1. The number of halogens is 2. The lowest BCUT2D eigenvalue weighted by molar-refractivity contribution is -0.138. The van der Waals surface area contributed by atoms with Crippen LogP contribution in [0.2, 0.25) is 10.0 Å². The van der Waals surface area contributed by atoms with E-state index in [2.05, 4.69) is 6.92 Å². The molecule has 0 aliphatic heterocycles. The lowest BCUT2D eigenvalue weighted by Crippen LogP contribution is -2.08. The second-order valence-electron chi connectivity index (χ2n) is 5.70. The van der Waals surface area contributed by atoms with E-state index in [1.807, 2.05) is 6.07 Å². The normalized spacial score (nSPS) is 11.0. The molecular formula is C20H20Cl2O4. The highest BCUT2D eigenvalue weighted by Crippen LogP contribution is 2.38. The molecule has 2 aromatic rings. The fraction of sp³-hybridized carbons (Fsp3) is 0.300. The number of esters is 2. The largest absolute Gasteiger partial charge is 0.463 e. The van der Waals surface area contributed by atoms with Crippen molar-refractivity contribution in [3.63, 3.8) is 0 Å². The van der Waals surface area contributed by atoms with Crippen molar-refractivity contribution < 1.29 is 19.1 Å². The van der Waals surface area contributed by atoms with Crippen LogP contribution in [-0.2, 0) is 14.3 Å². The molecule has 0 unspecified atom stereocenters. The third-order valence-electron chi connectivity index (χ3n) is 3.70. The van der Waals surface area contributed by atoms with Gasteiger partial charge in [0.15, 0.2) is 5.75 Å². The third kappa shape index (κ3) is 5.75. The first-order valence-electron chi connectivity index (χ1n) is 8.46. The summed E-state index contributed by atoms with van der Waals surface area (Å²) in [6, 6.07) is 8.69. The van der Waals surface area contributed by atoms with Crippen molar-refractivity contribution in [1.82, 2.24) is 0 Å². The number of hydrogen-bond donors (Lipinski definition) is 0. The highest BCUT2D eigenvalue weighted by molar-refractivity contribution is 6.40. The molecule has 6 heteroatoms. The summed E-state index contributed by atoms with van der Waals surface area (Å²) in [5, 5.41) is 2.02. The van der Waals surface area contributed by atoms with E-state index < -0.39 is 11.9 Å². The summed E-state index contributed by atoms with van der Waals surface area (Å²) in [5.74, 6) is -1.10. The van der Waals surface area contributed by atoms with Gasteiger partial charge in [-0.15, -0.1) is 0 Å². The highest BCUT2D eigenvalue weighted by atomic mass is 35.5. The molecule has 26 heavy (non-hydrogen) atoms. The van der Waals surface area contributed by atoms with Gasteiger partial charge in [-0.3, -0.25) is 0 Å². The Kier molecular flexibility index (Phi) is 7.95. The molecule has 0 atom stereocenters. The first kappa shape index (κ1) is 20.3. The molecule has 0 radical (unpaired) electrons. The molecule has 138 valence electrons. The molecule has 2 aromatic carbocycles. The van der Waals surface area contributed by atoms with E-state index in [9.17, 15) is 9.59 Å².